The Bertz CT molecular complexity index is 726. The average molecular weight is 262 g/mol. The second-order valence-electron chi connectivity index (χ2n) is 5.00. The predicted molar refractivity (Wildman–Crippen MR) is 78.4 cm³/mol. The molecule has 2 aromatic carbocycles. The standard InChI is InChI=1S/C18H14O2/c1-2-6-14-11-20-18(9-13(14)5-1)17-12-19-10-15-7-3-4-8-16(15)17/h1-9,12H,10-11H2. The molecular weight excluding hydrogens is 248 g/mol. The van der Waals surface area contributed by atoms with Gasteiger partial charge in [0.05, 0.1) is 11.8 Å². The summed E-state index contributed by atoms with van der Waals surface area (Å²) in [5.41, 5.74) is 5.87. The van der Waals surface area contributed by atoms with Crippen molar-refractivity contribution in [3.8, 4) is 0 Å². The van der Waals surface area contributed by atoms with Gasteiger partial charge < -0.3 is 9.47 Å². The zero-order valence-electron chi connectivity index (χ0n) is 11.0. The topological polar surface area (TPSA) is 18.5 Å². The van der Waals surface area contributed by atoms with Gasteiger partial charge in [0.1, 0.15) is 19.0 Å². The highest BCUT2D eigenvalue weighted by atomic mass is 16.5. The summed E-state index contributed by atoms with van der Waals surface area (Å²) in [5, 5.41) is 0. The third kappa shape index (κ3) is 1.81. The van der Waals surface area contributed by atoms with Gasteiger partial charge in [0.25, 0.3) is 0 Å². The summed E-state index contributed by atoms with van der Waals surface area (Å²) in [5.74, 6) is 0.885. The van der Waals surface area contributed by atoms with Crippen LogP contribution in [-0.4, -0.2) is 0 Å². The van der Waals surface area contributed by atoms with Crippen molar-refractivity contribution < 1.29 is 9.47 Å². The number of fused-ring (bicyclic) bond motifs is 2. The van der Waals surface area contributed by atoms with E-state index >= 15 is 0 Å². The van der Waals surface area contributed by atoms with Crippen LogP contribution < -0.4 is 0 Å². The zero-order valence-corrected chi connectivity index (χ0v) is 11.0. The van der Waals surface area contributed by atoms with Crippen molar-refractivity contribution in [1.82, 2.24) is 0 Å². The molecule has 98 valence electrons. The molecule has 0 fully saturated rings. The molecule has 0 atom stereocenters. The molecule has 0 unspecified atom stereocenters. The van der Waals surface area contributed by atoms with Gasteiger partial charge in [0, 0.05) is 0 Å². The molecule has 0 aliphatic carbocycles. The van der Waals surface area contributed by atoms with E-state index < -0.39 is 0 Å². The van der Waals surface area contributed by atoms with Crippen LogP contribution in [0.25, 0.3) is 11.6 Å². The lowest BCUT2D eigenvalue weighted by Crippen LogP contribution is -2.08. The fourth-order valence-electron chi connectivity index (χ4n) is 2.68. The molecule has 0 bridgehead atoms. The fourth-order valence-corrected chi connectivity index (χ4v) is 2.68. The Morgan fingerprint density at radius 3 is 2.55 bits per heavy atom. The molecule has 20 heavy (non-hydrogen) atoms. The molecule has 0 spiro atoms. The number of benzene rings is 2. The largest absolute Gasteiger partial charge is 0.496 e. The first-order chi connectivity index (χ1) is 9.92. The molecule has 0 saturated carbocycles. The minimum Gasteiger partial charge on any atom is -0.496 e. The van der Waals surface area contributed by atoms with Gasteiger partial charge in [-0.2, -0.15) is 0 Å². The molecule has 2 heterocycles. The fraction of sp³-hybridized carbons (Fsp3) is 0.111. The molecule has 0 aromatic heterocycles. The van der Waals surface area contributed by atoms with E-state index in [4.69, 9.17) is 9.47 Å². The lowest BCUT2D eigenvalue weighted by Gasteiger charge is -2.23. The lowest BCUT2D eigenvalue weighted by atomic mass is 9.95. The lowest BCUT2D eigenvalue weighted by molar-refractivity contribution is 0.203. The number of hydrogen-bond donors (Lipinski definition) is 0. The van der Waals surface area contributed by atoms with Crippen LogP contribution in [0.15, 0.2) is 60.6 Å². The molecule has 2 heteroatoms. The van der Waals surface area contributed by atoms with Gasteiger partial charge in [-0.25, -0.2) is 0 Å². The normalized spacial score (nSPS) is 16.0. The summed E-state index contributed by atoms with van der Waals surface area (Å²) < 4.78 is 11.5. The highest BCUT2D eigenvalue weighted by molar-refractivity contribution is 5.84. The molecule has 4 rings (SSSR count). The maximum atomic E-state index is 5.91. The van der Waals surface area contributed by atoms with Crippen LogP contribution in [-0.2, 0) is 22.7 Å². The van der Waals surface area contributed by atoms with Crippen molar-refractivity contribution in [3.05, 3.63) is 82.8 Å². The van der Waals surface area contributed by atoms with Crippen molar-refractivity contribution in [3.63, 3.8) is 0 Å². The van der Waals surface area contributed by atoms with E-state index in [1.807, 2.05) is 18.4 Å². The van der Waals surface area contributed by atoms with Crippen molar-refractivity contribution >= 4 is 11.6 Å². The van der Waals surface area contributed by atoms with E-state index in [0.29, 0.717) is 13.2 Å². The maximum Gasteiger partial charge on any atom is 0.131 e. The highest BCUT2D eigenvalue weighted by Gasteiger charge is 2.20. The third-order valence-electron chi connectivity index (χ3n) is 3.74. The summed E-state index contributed by atoms with van der Waals surface area (Å²) in [6.45, 7) is 1.24. The number of hydrogen-bond acceptors (Lipinski definition) is 2. The Morgan fingerprint density at radius 1 is 0.800 bits per heavy atom. The van der Waals surface area contributed by atoms with Crippen molar-refractivity contribution in [2.24, 2.45) is 0 Å². The minimum absolute atomic E-state index is 0.613. The van der Waals surface area contributed by atoms with Gasteiger partial charge in [-0.3, -0.25) is 0 Å². The highest BCUT2D eigenvalue weighted by Crippen LogP contribution is 2.35. The molecule has 2 nitrogen and oxygen atoms in total. The second-order valence-corrected chi connectivity index (χ2v) is 5.00. The molecule has 2 aliphatic rings. The Balaban J connectivity index is 1.80. The van der Waals surface area contributed by atoms with Crippen LogP contribution in [0, 0.1) is 0 Å². The first kappa shape index (κ1) is 11.4. The Labute approximate surface area is 118 Å². The van der Waals surface area contributed by atoms with Crippen LogP contribution in [0.4, 0.5) is 0 Å². The van der Waals surface area contributed by atoms with Crippen LogP contribution in [0.5, 0.6) is 0 Å². The van der Waals surface area contributed by atoms with Gasteiger partial charge in [-0.1, -0.05) is 48.5 Å². The third-order valence-corrected chi connectivity index (χ3v) is 3.74. The Hall–Kier alpha value is -2.48. The molecular formula is C18H14O2. The van der Waals surface area contributed by atoms with Crippen molar-refractivity contribution in [1.29, 1.82) is 0 Å². The molecule has 0 saturated heterocycles. The van der Waals surface area contributed by atoms with Crippen molar-refractivity contribution in [2.75, 3.05) is 0 Å². The van der Waals surface area contributed by atoms with E-state index in [0.717, 1.165) is 11.3 Å². The first-order valence-corrected chi connectivity index (χ1v) is 6.75. The summed E-state index contributed by atoms with van der Waals surface area (Å²) >= 11 is 0. The van der Waals surface area contributed by atoms with Gasteiger partial charge >= 0.3 is 0 Å². The average Bonchev–Trinajstić information content (AvgIpc) is 2.54. The van der Waals surface area contributed by atoms with E-state index in [-0.39, 0.29) is 0 Å². The quantitative estimate of drug-likeness (QED) is 0.769. The van der Waals surface area contributed by atoms with Gasteiger partial charge in [0.15, 0.2) is 0 Å². The SMILES string of the molecule is C1=C(C2=COCc3ccccc32)OCc2ccccc21. The Morgan fingerprint density at radius 2 is 1.60 bits per heavy atom. The first-order valence-electron chi connectivity index (χ1n) is 6.75. The second kappa shape index (κ2) is 4.57. The van der Waals surface area contributed by atoms with E-state index in [1.165, 1.54) is 22.3 Å². The number of allylic oxidation sites excluding steroid dienone is 1. The van der Waals surface area contributed by atoms with Crippen molar-refractivity contribution in [2.45, 2.75) is 13.2 Å². The molecule has 2 aromatic rings. The predicted octanol–water partition coefficient (Wildman–Crippen LogP) is 4.13. The maximum absolute atomic E-state index is 5.91. The summed E-state index contributed by atoms with van der Waals surface area (Å²) in [6, 6.07) is 16.6. The summed E-state index contributed by atoms with van der Waals surface area (Å²) in [6.07, 6.45) is 3.90. The van der Waals surface area contributed by atoms with E-state index in [9.17, 15) is 0 Å². The van der Waals surface area contributed by atoms with E-state index in [1.54, 1.807) is 0 Å². The van der Waals surface area contributed by atoms with E-state index in [2.05, 4.69) is 42.5 Å². The zero-order chi connectivity index (χ0) is 13.4. The van der Waals surface area contributed by atoms with Gasteiger partial charge in [-0.05, 0) is 28.3 Å². The van der Waals surface area contributed by atoms with Crippen LogP contribution in [0.1, 0.15) is 22.3 Å². The summed E-state index contributed by atoms with van der Waals surface area (Å²) in [7, 11) is 0. The number of rotatable bonds is 1. The van der Waals surface area contributed by atoms with Crippen LogP contribution in [0.2, 0.25) is 0 Å². The minimum atomic E-state index is 0.613. The Kier molecular flexibility index (Phi) is 2.59. The number of ether oxygens (including phenoxy) is 2. The summed E-state index contributed by atoms with van der Waals surface area (Å²) in [4.78, 5) is 0. The van der Waals surface area contributed by atoms with Crippen LogP contribution >= 0.6 is 0 Å². The smallest absolute Gasteiger partial charge is 0.131 e. The molecule has 2 aliphatic heterocycles. The van der Waals surface area contributed by atoms with Gasteiger partial charge in [0.2, 0.25) is 0 Å². The molecule has 0 radical (unpaired) electrons. The molecule has 0 amide bonds. The van der Waals surface area contributed by atoms with Gasteiger partial charge in [-0.15, -0.1) is 0 Å². The monoisotopic (exact) mass is 262 g/mol. The van der Waals surface area contributed by atoms with Crippen LogP contribution in [0.3, 0.4) is 0 Å². The molecule has 0 N–H and O–H groups in total.